The molecule has 0 aromatic heterocycles. The van der Waals surface area contributed by atoms with E-state index in [0.717, 1.165) is 0 Å². The van der Waals surface area contributed by atoms with Crippen LogP contribution in [0.15, 0.2) is 0 Å². The van der Waals surface area contributed by atoms with E-state index in [2.05, 4.69) is 51.1 Å². The number of hydrogen-bond acceptors (Lipinski definition) is 2. The fourth-order valence-corrected chi connectivity index (χ4v) is 5.29. The van der Waals surface area contributed by atoms with Gasteiger partial charge in [-0.2, -0.15) is 0 Å². The summed E-state index contributed by atoms with van der Waals surface area (Å²) in [5.74, 6) is 0. The summed E-state index contributed by atoms with van der Waals surface area (Å²) in [6.07, 6.45) is 2.57. The van der Waals surface area contributed by atoms with Gasteiger partial charge < -0.3 is 9.80 Å². The lowest BCUT2D eigenvalue weighted by Gasteiger charge is -2.29. The third kappa shape index (κ3) is 6.53. The lowest BCUT2D eigenvalue weighted by atomic mass is 11.0. The molecular formula is C8H22N2Si. The predicted octanol–water partition coefficient (Wildman–Crippen LogP) is 0.896. The summed E-state index contributed by atoms with van der Waals surface area (Å²) in [4.78, 5) is 4.60. The Bertz CT molecular complexity index is 98.7. The molecule has 0 atom stereocenters. The lowest BCUT2D eigenvalue weighted by molar-refractivity contribution is 0.439. The molecule has 2 nitrogen and oxygen atoms in total. The molecule has 0 aliphatic carbocycles. The van der Waals surface area contributed by atoms with Crippen LogP contribution in [0.2, 0.25) is 13.1 Å². The maximum absolute atomic E-state index is 2.44. The Labute approximate surface area is 72.2 Å². The molecule has 0 saturated carbocycles. The van der Waals surface area contributed by atoms with Gasteiger partial charge in [-0.3, -0.25) is 0 Å². The van der Waals surface area contributed by atoms with Gasteiger partial charge >= 0.3 is 0 Å². The van der Waals surface area contributed by atoms with Gasteiger partial charge in [0.2, 0.25) is 0 Å². The van der Waals surface area contributed by atoms with Gasteiger partial charge in [-0.05, 0) is 40.5 Å². The first-order chi connectivity index (χ1) is 4.83. The van der Waals surface area contributed by atoms with Gasteiger partial charge in [0.1, 0.15) is 0 Å². The summed E-state index contributed by atoms with van der Waals surface area (Å²) in [6, 6.07) is 0. The zero-order valence-electron chi connectivity index (χ0n) is 8.81. The van der Waals surface area contributed by atoms with Crippen LogP contribution in [0.5, 0.6) is 0 Å². The van der Waals surface area contributed by atoms with Gasteiger partial charge in [-0.1, -0.05) is 13.1 Å². The third-order valence-corrected chi connectivity index (χ3v) is 4.47. The molecule has 0 spiro atoms. The quantitative estimate of drug-likeness (QED) is 0.584. The Morgan fingerprint density at radius 1 is 0.818 bits per heavy atom. The Balaban J connectivity index is 3.79. The molecule has 3 heteroatoms. The van der Waals surface area contributed by atoms with Crippen LogP contribution in [0.3, 0.4) is 0 Å². The summed E-state index contributed by atoms with van der Waals surface area (Å²) >= 11 is 0. The topological polar surface area (TPSA) is 6.48 Å². The highest BCUT2D eigenvalue weighted by molar-refractivity contribution is 6.77. The molecule has 0 radical (unpaired) electrons. The summed E-state index contributed by atoms with van der Waals surface area (Å²) < 4.78 is 0. The molecule has 0 aliphatic heterocycles. The van der Waals surface area contributed by atoms with Crippen molar-refractivity contribution in [1.29, 1.82) is 0 Å². The maximum Gasteiger partial charge on any atom is 0.0779 e. The van der Waals surface area contributed by atoms with Crippen LogP contribution >= 0.6 is 0 Å². The molecular weight excluding hydrogens is 152 g/mol. The number of nitrogens with zero attached hydrogens (tertiary/aromatic N) is 2. The molecule has 0 aromatic rings. The largest absolute Gasteiger partial charge is 0.312 e. The van der Waals surface area contributed by atoms with Gasteiger partial charge in [-0.15, -0.1) is 0 Å². The number of rotatable bonds is 4. The fraction of sp³-hybridized carbons (Fsp3) is 1.00. The lowest BCUT2D eigenvalue weighted by Crippen LogP contribution is -2.47. The Hall–Kier alpha value is 0.137. The van der Waals surface area contributed by atoms with Crippen molar-refractivity contribution in [2.24, 2.45) is 0 Å². The van der Waals surface area contributed by atoms with Crippen LogP contribution in [0.1, 0.15) is 0 Å². The molecule has 0 unspecified atom stereocenters. The van der Waals surface area contributed by atoms with Crippen molar-refractivity contribution in [2.75, 3.05) is 40.5 Å². The third-order valence-electron chi connectivity index (χ3n) is 1.49. The van der Waals surface area contributed by atoms with Crippen LogP contribution in [-0.4, -0.2) is 58.4 Å². The summed E-state index contributed by atoms with van der Waals surface area (Å²) in [5, 5.41) is 0. The smallest absolute Gasteiger partial charge is 0.0779 e. The van der Waals surface area contributed by atoms with Crippen LogP contribution < -0.4 is 0 Å². The normalized spacial score (nSPS) is 13.1. The van der Waals surface area contributed by atoms with Crippen LogP contribution in [0.25, 0.3) is 0 Å². The van der Waals surface area contributed by atoms with Gasteiger partial charge in [0.25, 0.3) is 0 Å². The second kappa shape index (κ2) is 4.23. The van der Waals surface area contributed by atoms with Crippen molar-refractivity contribution in [3.05, 3.63) is 0 Å². The van der Waals surface area contributed by atoms with Crippen molar-refractivity contribution in [3.63, 3.8) is 0 Å². The molecule has 0 amide bonds. The summed E-state index contributed by atoms with van der Waals surface area (Å²) in [6.45, 7) is 4.88. The van der Waals surface area contributed by atoms with Gasteiger partial charge in [0, 0.05) is 0 Å². The molecule has 0 bridgehead atoms. The molecule has 0 aromatic carbocycles. The molecule has 0 N–H and O–H groups in total. The van der Waals surface area contributed by atoms with Crippen LogP contribution in [0, 0.1) is 0 Å². The van der Waals surface area contributed by atoms with E-state index in [9.17, 15) is 0 Å². The summed E-state index contributed by atoms with van der Waals surface area (Å²) in [5.41, 5.74) is 0. The summed E-state index contributed by atoms with van der Waals surface area (Å²) in [7, 11) is 7.65. The standard InChI is InChI=1S/C8H22N2Si/c1-9(2)7-11(5,6)8-10(3)4/h7-8H2,1-6H3. The van der Waals surface area contributed by atoms with Gasteiger partial charge in [-0.25, -0.2) is 0 Å². The van der Waals surface area contributed by atoms with Crippen LogP contribution in [0.4, 0.5) is 0 Å². The molecule has 11 heavy (non-hydrogen) atoms. The van der Waals surface area contributed by atoms with E-state index < -0.39 is 8.07 Å². The van der Waals surface area contributed by atoms with Crippen molar-refractivity contribution in [3.8, 4) is 0 Å². The van der Waals surface area contributed by atoms with Crippen molar-refractivity contribution in [1.82, 2.24) is 9.80 Å². The van der Waals surface area contributed by atoms with Gasteiger partial charge in [0.15, 0.2) is 0 Å². The minimum absolute atomic E-state index is 0.978. The molecule has 0 saturated heterocycles. The molecule has 0 fully saturated rings. The van der Waals surface area contributed by atoms with Gasteiger partial charge in [0.05, 0.1) is 8.07 Å². The van der Waals surface area contributed by atoms with E-state index in [0.29, 0.717) is 0 Å². The van der Waals surface area contributed by atoms with E-state index in [1.807, 2.05) is 0 Å². The van der Waals surface area contributed by atoms with Crippen LogP contribution in [-0.2, 0) is 0 Å². The average Bonchev–Trinajstić information content (AvgIpc) is 1.53. The highest BCUT2D eigenvalue weighted by atomic mass is 28.3. The predicted molar refractivity (Wildman–Crippen MR) is 54.6 cm³/mol. The first kappa shape index (κ1) is 11.1. The first-order valence-corrected chi connectivity index (χ1v) is 7.54. The van der Waals surface area contributed by atoms with E-state index in [1.165, 1.54) is 12.3 Å². The maximum atomic E-state index is 2.44. The molecule has 0 heterocycles. The SMILES string of the molecule is CN(C)C[Si](C)(C)CN(C)C. The monoisotopic (exact) mass is 174 g/mol. The molecule has 0 aliphatic rings. The second-order valence-corrected chi connectivity index (χ2v) is 9.60. The second-order valence-electron chi connectivity index (χ2n) is 4.64. The van der Waals surface area contributed by atoms with Crippen molar-refractivity contribution < 1.29 is 0 Å². The van der Waals surface area contributed by atoms with E-state index >= 15 is 0 Å². The number of hydrogen-bond donors (Lipinski definition) is 0. The zero-order chi connectivity index (χ0) is 9.07. The highest BCUT2D eigenvalue weighted by Gasteiger charge is 2.21. The van der Waals surface area contributed by atoms with E-state index in [4.69, 9.17) is 0 Å². The first-order valence-electron chi connectivity index (χ1n) is 4.13. The zero-order valence-corrected chi connectivity index (χ0v) is 9.81. The average molecular weight is 174 g/mol. The van der Waals surface area contributed by atoms with E-state index in [-0.39, 0.29) is 0 Å². The van der Waals surface area contributed by atoms with E-state index in [1.54, 1.807) is 0 Å². The Kier molecular flexibility index (Phi) is 4.29. The minimum Gasteiger partial charge on any atom is -0.312 e. The van der Waals surface area contributed by atoms with Crippen molar-refractivity contribution in [2.45, 2.75) is 13.1 Å². The molecule has 68 valence electrons. The Morgan fingerprint density at radius 2 is 1.09 bits per heavy atom. The Morgan fingerprint density at radius 3 is 1.27 bits per heavy atom. The molecule has 0 rings (SSSR count). The highest BCUT2D eigenvalue weighted by Crippen LogP contribution is 2.03. The minimum atomic E-state index is -0.978. The fourth-order valence-electron chi connectivity index (χ4n) is 1.76. The van der Waals surface area contributed by atoms with Crippen molar-refractivity contribution >= 4 is 8.07 Å².